The van der Waals surface area contributed by atoms with Crippen molar-refractivity contribution in [2.75, 3.05) is 39.6 Å². The molecule has 19 heteroatoms. The molecule has 110 heavy (non-hydrogen) atoms. The lowest BCUT2D eigenvalue weighted by Crippen LogP contribution is -2.30. The van der Waals surface area contributed by atoms with Gasteiger partial charge in [0.05, 0.1) is 26.4 Å². The molecule has 5 atom stereocenters. The number of phosphoric acid groups is 2. The number of carbonyl (C=O) groups excluding carboxylic acids is 4. The van der Waals surface area contributed by atoms with Gasteiger partial charge in [0.1, 0.15) is 19.3 Å². The zero-order valence-electron chi connectivity index (χ0n) is 68.6. The number of aliphatic hydroxyl groups is 1. The van der Waals surface area contributed by atoms with E-state index in [9.17, 15) is 43.2 Å². The quantitative estimate of drug-likeness (QED) is 0.0169. The molecule has 0 radical (unpaired) electrons. The standard InChI is InChI=1S/C91H150O17P2/c1-5-9-13-17-21-25-29-33-37-40-42-45-48-52-56-60-64-68-72-76-89(94)102-82-87(107-90(95)77-73-69-65-61-57-53-49-44-39-35-31-27-23-19-15-11-7-3)84-106-110(99,100)104-80-85(92)79-103-109(97,98)105-83-86(81-101-88(93)75-71-67-63-59-55-51-47-36-32-28-24-20-16-12-8-4)108-91(96)78-74-70-66-62-58-54-50-46-43-41-38-34-30-26-22-18-14-10-6-2/h9,13,21-23,25-27,33-35,37-39,42-43,45-46,49,52-54,56,58,61,65-66,70,85-87,92H,5-8,10-12,14-20,24,28-32,36,40-41,44,47-48,50-51,55,57,59-60,62-64,67-69,71-84H2,1-4H3,(H,97,98)(H,99,100)/b13-9-,25-21-,26-22-,27-23-,37-33-,38-34-,39-35-,45-42-,46-43-,53-49-,56-52-,58-54-,65-61-,70-66-/t85-,86+,87+/m0/s1. The smallest absolute Gasteiger partial charge is 0.462 e. The molecule has 17 nitrogen and oxygen atoms in total. The maximum atomic E-state index is 13.1. The van der Waals surface area contributed by atoms with E-state index in [1.165, 1.54) is 103 Å². The molecule has 2 unspecified atom stereocenters. The molecule has 0 aliphatic heterocycles. The number of rotatable bonds is 78. The van der Waals surface area contributed by atoms with Crippen molar-refractivity contribution in [1.29, 1.82) is 0 Å². The molecule has 0 saturated carbocycles. The lowest BCUT2D eigenvalue weighted by molar-refractivity contribution is -0.161. The van der Waals surface area contributed by atoms with Crippen molar-refractivity contribution < 1.29 is 80.2 Å². The van der Waals surface area contributed by atoms with Gasteiger partial charge in [-0.2, -0.15) is 0 Å². The molecule has 0 heterocycles. The first-order valence-corrected chi connectivity index (χ1v) is 45.4. The molecule has 0 amide bonds. The molecule has 0 saturated heterocycles. The van der Waals surface area contributed by atoms with E-state index in [0.29, 0.717) is 38.5 Å². The average Bonchev–Trinajstić information content (AvgIpc) is 0.906. The zero-order valence-corrected chi connectivity index (χ0v) is 70.4. The number of ether oxygens (including phenoxy) is 4. The molecule has 0 aliphatic rings. The lowest BCUT2D eigenvalue weighted by atomic mass is 10.0. The minimum atomic E-state index is -5.02. The molecule has 0 aromatic carbocycles. The van der Waals surface area contributed by atoms with Crippen LogP contribution < -0.4 is 0 Å². The summed E-state index contributed by atoms with van der Waals surface area (Å²) in [6.45, 7) is 4.54. The molecular weight excluding hydrogens is 1430 g/mol. The van der Waals surface area contributed by atoms with Gasteiger partial charge in [-0.3, -0.25) is 37.3 Å². The van der Waals surface area contributed by atoms with Crippen LogP contribution >= 0.6 is 15.6 Å². The summed E-state index contributed by atoms with van der Waals surface area (Å²) in [6.07, 6.45) is 97.7. The number of esters is 4. The van der Waals surface area contributed by atoms with Gasteiger partial charge in [0.2, 0.25) is 0 Å². The van der Waals surface area contributed by atoms with E-state index in [-0.39, 0.29) is 25.7 Å². The Morgan fingerprint density at radius 3 is 0.827 bits per heavy atom. The van der Waals surface area contributed by atoms with E-state index in [1.54, 1.807) is 0 Å². The average molecular weight is 1580 g/mol. The van der Waals surface area contributed by atoms with Gasteiger partial charge in [0.15, 0.2) is 12.2 Å². The topological polar surface area (TPSA) is 237 Å². The monoisotopic (exact) mass is 1580 g/mol. The van der Waals surface area contributed by atoms with Crippen molar-refractivity contribution in [3.8, 4) is 0 Å². The summed E-state index contributed by atoms with van der Waals surface area (Å²) in [6, 6.07) is 0. The van der Waals surface area contributed by atoms with Crippen molar-refractivity contribution in [3.63, 3.8) is 0 Å². The number of hydrogen-bond donors (Lipinski definition) is 3. The van der Waals surface area contributed by atoms with Crippen LogP contribution in [0.1, 0.15) is 323 Å². The van der Waals surface area contributed by atoms with Gasteiger partial charge in [0, 0.05) is 25.7 Å². The highest BCUT2D eigenvalue weighted by atomic mass is 31.2. The summed E-state index contributed by atoms with van der Waals surface area (Å²) >= 11 is 0. The third-order valence-electron chi connectivity index (χ3n) is 17.2. The maximum Gasteiger partial charge on any atom is 0.472 e. The van der Waals surface area contributed by atoms with Crippen LogP contribution in [0.4, 0.5) is 0 Å². The Balaban J connectivity index is 5.53. The van der Waals surface area contributed by atoms with E-state index < -0.39 is 97.5 Å². The minimum Gasteiger partial charge on any atom is -0.462 e. The Hall–Kier alpha value is -5.58. The largest absolute Gasteiger partial charge is 0.472 e. The van der Waals surface area contributed by atoms with Crippen molar-refractivity contribution in [3.05, 3.63) is 170 Å². The van der Waals surface area contributed by atoms with Gasteiger partial charge < -0.3 is 33.8 Å². The molecular formula is C91H150O17P2. The number of phosphoric ester groups is 2. The Kier molecular flexibility index (Phi) is 77.3. The highest BCUT2D eigenvalue weighted by Gasteiger charge is 2.30. The minimum absolute atomic E-state index is 0.00359. The van der Waals surface area contributed by atoms with E-state index in [4.69, 9.17) is 37.0 Å². The van der Waals surface area contributed by atoms with Crippen molar-refractivity contribution in [2.24, 2.45) is 0 Å². The third kappa shape index (κ3) is 80.5. The van der Waals surface area contributed by atoms with Gasteiger partial charge >= 0.3 is 39.5 Å². The van der Waals surface area contributed by atoms with Gasteiger partial charge in [0.25, 0.3) is 0 Å². The molecule has 3 N–H and O–H groups in total. The van der Waals surface area contributed by atoms with Crippen molar-refractivity contribution in [2.45, 2.75) is 341 Å². The summed E-state index contributed by atoms with van der Waals surface area (Å²) in [7, 11) is -10.0. The Bertz CT molecular complexity index is 2750. The third-order valence-corrected chi connectivity index (χ3v) is 19.1. The summed E-state index contributed by atoms with van der Waals surface area (Å²) in [5, 5.41) is 10.7. The van der Waals surface area contributed by atoms with Gasteiger partial charge in [-0.25, -0.2) is 9.13 Å². The molecule has 0 aromatic rings. The number of carbonyl (C=O) groups is 4. The first-order chi connectivity index (χ1) is 53.7. The highest BCUT2D eigenvalue weighted by molar-refractivity contribution is 7.47. The van der Waals surface area contributed by atoms with Crippen LogP contribution in [0.15, 0.2) is 170 Å². The normalized spacial score (nSPS) is 14.6. The lowest BCUT2D eigenvalue weighted by Gasteiger charge is -2.21. The van der Waals surface area contributed by atoms with E-state index in [0.717, 1.165) is 128 Å². The second kappa shape index (κ2) is 81.4. The summed E-state index contributed by atoms with van der Waals surface area (Å²) in [5.74, 6) is -2.38. The fraction of sp³-hybridized carbons (Fsp3) is 0.648. The van der Waals surface area contributed by atoms with Crippen molar-refractivity contribution >= 4 is 39.5 Å². The predicted molar refractivity (Wildman–Crippen MR) is 454 cm³/mol. The second-order valence-electron chi connectivity index (χ2n) is 27.7. The molecule has 0 rings (SSSR count). The van der Waals surface area contributed by atoms with Crippen LogP contribution in [0.2, 0.25) is 0 Å². The van der Waals surface area contributed by atoms with E-state index in [1.807, 2.05) is 30.4 Å². The predicted octanol–water partition coefficient (Wildman–Crippen LogP) is 25.3. The summed E-state index contributed by atoms with van der Waals surface area (Å²) < 4.78 is 68.6. The fourth-order valence-corrected chi connectivity index (χ4v) is 12.3. The highest BCUT2D eigenvalue weighted by Crippen LogP contribution is 2.45. The first kappa shape index (κ1) is 104. The summed E-state index contributed by atoms with van der Waals surface area (Å²) in [4.78, 5) is 73.2. The molecule has 0 aromatic heterocycles. The van der Waals surface area contributed by atoms with Gasteiger partial charge in [-0.05, 0) is 148 Å². The maximum absolute atomic E-state index is 13.1. The van der Waals surface area contributed by atoms with Crippen LogP contribution in [0, 0.1) is 0 Å². The molecule has 0 fully saturated rings. The second-order valence-corrected chi connectivity index (χ2v) is 30.6. The van der Waals surface area contributed by atoms with Gasteiger partial charge in [-0.15, -0.1) is 0 Å². The van der Waals surface area contributed by atoms with Crippen molar-refractivity contribution in [1.82, 2.24) is 0 Å². The molecule has 626 valence electrons. The fourth-order valence-electron chi connectivity index (χ4n) is 10.8. The summed E-state index contributed by atoms with van der Waals surface area (Å²) in [5.41, 5.74) is 0. The van der Waals surface area contributed by atoms with Crippen LogP contribution in [0.3, 0.4) is 0 Å². The number of aliphatic hydroxyl groups excluding tert-OH is 1. The Morgan fingerprint density at radius 1 is 0.264 bits per heavy atom. The van der Waals surface area contributed by atoms with Crippen LogP contribution in [0.25, 0.3) is 0 Å². The first-order valence-electron chi connectivity index (χ1n) is 42.4. The number of allylic oxidation sites excluding steroid dienone is 28. The van der Waals surface area contributed by atoms with Crippen LogP contribution in [-0.4, -0.2) is 96.7 Å². The molecule has 0 aliphatic carbocycles. The Labute approximate surface area is 667 Å². The SMILES string of the molecule is CC/C=C\C/C=C\C/C=C\C/C=C\C/C=C\CCCCCC(=O)OC[C@H](COP(=O)(O)OC[C@@H](O)COP(=O)(O)OC[C@@H](COC(=O)CCCCCCCCCCCCCCCCC)OC(=O)CC/C=C\C/C=C\C/C=C\C/C=C\C/C=C\CCCCC)OC(=O)CCC/C=C\C/C=C\C/C=C\C/C=C\CCCCC. The van der Waals surface area contributed by atoms with E-state index in [2.05, 4.69) is 167 Å². The van der Waals surface area contributed by atoms with Crippen LogP contribution in [-0.2, 0) is 65.4 Å². The molecule has 0 bridgehead atoms. The zero-order chi connectivity index (χ0) is 80.3. The van der Waals surface area contributed by atoms with Crippen LogP contribution in [0.5, 0.6) is 0 Å². The number of unbranched alkanes of at least 4 members (excludes halogenated alkanes) is 24. The Morgan fingerprint density at radius 2 is 0.500 bits per heavy atom. The molecule has 0 spiro atoms. The number of hydrogen-bond acceptors (Lipinski definition) is 15. The van der Waals surface area contributed by atoms with E-state index >= 15 is 0 Å². The van der Waals surface area contributed by atoms with Gasteiger partial charge in [-0.1, -0.05) is 320 Å².